The zero-order valence-electron chi connectivity index (χ0n) is 13.5. The molecule has 0 spiro atoms. The Labute approximate surface area is 135 Å². The monoisotopic (exact) mass is 311 g/mol. The second-order valence-corrected chi connectivity index (χ2v) is 6.26. The lowest BCUT2D eigenvalue weighted by Crippen LogP contribution is -2.30. The molecular formula is C18H21N3O2. The van der Waals surface area contributed by atoms with Crippen molar-refractivity contribution < 1.29 is 4.79 Å². The highest BCUT2D eigenvalue weighted by atomic mass is 16.2. The lowest BCUT2D eigenvalue weighted by atomic mass is 10.0. The van der Waals surface area contributed by atoms with E-state index in [-0.39, 0.29) is 5.91 Å². The summed E-state index contributed by atoms with van der Waals surface area (Å²) in [6, 6.07) is 9.63. The number of hydrogen-bond donors (Lipinski definition) is 1. The number of aromatic nitrogens is 2. The molecule has 1 aliphatic rings. The van der Waals surface area contributed by atoms with Crippen LogP contribution in [0.25, 0.3) is 11.3 Å². The van der Waals surface area contributed by atoms with Gasteiger partial charge in [-0.3, -0.25) is 4.79 Å². The number of carbonyl (C=O) groups is 1. The van der Waals surface area contributed by atoms with Crippen LogP contribution in [0.4, 0.5) is 0 Å². The van der Waals surface area contributed by atoms with Crippen molar-refractivity contribution in [2.45, 2.75) is 32.6 Å². The Bertz CT molecular complexity index is 757. The molecule has 1 aromatic heterocycles. The predicted octanol–water partition coefficient (Wildman–Crippen LogP) is 2.80. The first-order chi connectivity index (χ1) is 11.0. The van der Waals surface area contributed by atoms with Gasteiger partial charge < -0.3 is 9.88 Å². The first kappa shape index (κ1) is 15.5. The Kier molecular flexibility index (Phi) is 4.28. The largest absolute Gasteiger partial charge is 0.346 e. The third-order valence-electron chi connectivity index (χ3n) is 4.24. The van der Waals surface area contributed by atoms with Gasteiger partial charge >= 0.3 is 5.69 Å². The van der Waals surface area contributed by atoms with Crippen LogP contribution in [0.1, 0.15) is 48.7 Å². The minimum absolute atomic E-state index is 0.123. The average Bonchev–Trinajstić information content (AvgIpc) is 3.08. The minimum atomic E-state index is -0.488. The summed E-state index contributed by atoms with van der Waals surface area (Å²) >= 11 is 0. The number of nitrogens with zero attached hydrogens (tertiary/aromatic N) is 2. The molecule has 120 valence electrons. The van der Waals surface area contributed by atoms with Crippen LogP contribution < -0.4 is 5.69 Å². The van der Waals surface area contributed by atoms with E-state index >= 15 is 0 Å². The number of aromatic amines is 1. The number of rotatable bonds is 3. The van der Waals surface area contributed by atoms with Crippen molar-refractivity contribution in [1.29, 1.82) is 0 Å². The maximum atomic E-state index is 12.5. The molecule has 5 nitrogen and oxygen atoms in total. The maximum Gasteiger partial charge on any atom is 0.346 e. The fourth-order valence-electron chi connectivity index (χ4n) is 2.85. The Hall–Kier alpha value is -2.43. The molecule has 3 rings (SSSR count). The van der Waals surface area contributed by atoms with E-state index in [1.807, 2.05) is 24.3 Å². The van der Waals surface area contributed by atoms with Gasteiger partial charge in [0.15, 0.2) is 0 Å². The fraction of sp³-hybridized carbons (Fsp3) is 0.389. The molecule has 0 atom stereocenters. The van der Waals surface area contributed by atoms with Gasteiger partial charge in [0.1, 0.15) is 5.69 Å². The lowest BCUT2D eigenvalue weighted by Gasteiger charge is -2.15. The molecule has 1 saturated heterocycles. The standard InChI is InChI=1S/C18H21N3O2/c1-12(2)13-5-7-14(8-6-13)15-11-16(20-18(23)19-15)17(22)21-9-3-4-10-21/h5-8,11-12H,3-4,9-10H2,1-2H3,(H,19,20,23). The summed E-state index contributed by atoms with van der Waals surface area (Å²) in [5.74, 6) is 0.325. The molecule has 2 heterocycles. The van der Waals surface area contributed by atoms with Crippen molar-refractivity contribution in [1.82, 2.24) is 14.9 Å². The zero-order chi connectivity index (χ0) is 16.4. The number of benzene rings is 1. The third-order valence-corrected chi connectivity index (χ3v) is 4.24. The molecule has 0 unspecified atom stereocenters. The highest BCUT2D eigenvalue weighted by Gasteiger charge is 2.21. The van der Waals surface area contributed by atoms with Gasteiger partial charge in [0.05, 0.1) is 5.69 Å². The van der Waals surface area contributed by atoms with Crippen LogP contribution in [0.5, 0.6) is 0 Å². The van der Waals surface area contributed by atoms with Gasteiger partial charge in [-0.25, -0.2) is 4.79 Å². The topological polar surface area (TPSA) is 66.1 Å². The van der Waals surface area contributed by atoms with Gasteiger partial charge in [-0.1, -0.05) is 38.1 Å². The Morgan fingerprint density at radius 2 is 1.83 bits per heavy atom. The van der Waals surface area contributed by atoms with E-state index in [9.17, 15) is 9.59 Å². The maximum absolute atomic E-state index is 12.5. The van der Waals surface area contributed by atoms with E-state index in [0.29, 0.717) is 17.3 Å². The van der Waals surface area contributed by atoms with E-state index in [4.69, 9.17) is 0 Å². The van der Waals surface area contributed by atoms with Crippen molar-refractivity contribution in [3.05, 3.63) is 52.1 Å². The average molecular weight is 311 g/mol. The Balaban J connectivity index is 1.93. The van der Waals surface area contributed by atoms with Crippen LogP contribution in [0.2, 0.25) is 0 Å². The predicted molar refractivity (Wildman–Crippen MR) is 89.5 cm³/mol. The van der Waals surface area contributed by atoms with Gasteiger partial charge in [0, 0.05) is 18.7 Å². The van der Waals surface area contributed by atoms with Crippen LogP contribution in [-0.2, 0) is 0 Å². The van der Waals surface area contributed by atoms with Gasteiger partial charge in [0.2, 0.25) is 0 Å². The van der Waals surface area contributed by atoms with Gasteiger partial charge in [0.25, 0.3) is 5.91 Å². The summed E-state index contributed by atoms with van der Waals surface area (Å²) in [4.78, 5) is 32.6. The molecule has 5 heteroatoms. The van der Waals surface area contributed by atoms with E-state index in [2.05, 4.69) is 23.8 Å². The summed E-state index contributed by atoms with van der Waals surface area (Å²) in [5.41, 5.74) is 2.43. The molecule has 0 bridgehead atoms. The number of nitrogens with one attached hydrogen (secondary N) is 1. The molecule has 0 aliphatic carbocycles. The van der Waals surface area contributed by atoms with Crippen LogP contribution in [0.15, 0.2) is 35.1 Å². The number of carbonyl (C=O) groups excluding carboxylic acids is 1. The SMILES string of the molecule is CC(C)c1ccc(-c2cc(C(=O)N3CCCC3)[nH]c(=O)n2)cc1. The van der Waals surface area contributed by atoms with Gasteiger partial charge in [-0.15, -0.1) is 0 Å². The summed E-state index contributed by atoms with van der Waals surface area (Å²) in [7, 11) is 0. The molecular weight excluding hydrogens is 290 g/mol. The van der Waals surface area contributed by atoms with Crippen molar-refractivity contribution in [3.63, 3.8) is 0 Å². The number of likely N-dealkylation sites (tertiary alicyclic amines) is 1. The first-order valence-corrected chi connectivity index (χ1v) is 8.05. The normalized spacial score (nSPS) is 14.5. The van der Waals surface area contributed by atoms with E-state index in [1.165, 1.54) is 5.56 Å². The van der Waals surface area contributed by atoms with Gasteiger partial charge in [-0.2, -0.15) is 4.98 Å². The van der Waals surface area contributed by atoms with E-state index in [0.717, 1.165) is 31.5 Å². The Morgan fingerprint density at radius 1 is 1.17 bits per heavy atom. The van der Waals surface area contributed by atoms with Crippen molar-refractivity contribution in [3.8, 4) is 11.3 Å². The van der Waals surface area contributed by atoms with Crippen LogP contribution in [0, 0.1) is 0 Å². The quantitative estimate of drug-likeness (QED) is 0.948. The summed E-state index contributed by atoms with van der Waals surface area (Å²) in [6.07, 6.45) is 2.04. The van der Waals surface area contributed by atoms with Crippen LogP contribution in [0.3, 0.4) is 0 Å². The number of hydrogen-bond acceptors (Lipinski definition) is 3. The second-order valence-electron chi connectivity index (χ2n) is 6.26. The van der Waals surface area contributed by atoms with E-state index < -0.39 is 5.69 Å². The molecule has 1 amide bonds. The minimum Gasteiger partial charge on any atom is -0.337 e. The Morgan fingerprint density at radius 3 is 2.43 bits per heavy atom. The molecule has 0 radical (unpaired) electrons. The summed E-state index contributed by atoms with van der Waals surface area (Å²) in [5, 5.41) is 0. The van der Waals surface area contributed by atoms with Crippen molar-refractivity contribution in [2.75, 3.05) is 13.1 Å². The number of amides is 1. The summed E-state index contributed by atoms with van der Waals surface area (Å²) < 4.78 is 0. The second kappa shape index (κ2) is 6.36. The third kappa shape index (κ3) is 3.33. The van der Waals surface area contributed by atoms with Gasteiger partial charge in [-0.05, 0) is 30.4 Å². The smallest absolute Gasteiger partial charge is 0.337 e. The summed E-state index contributed by atoms with van der Waals surface area (Å²) in [6.45, 7) is 5.77. The molecule has 1 aromatic carbocycles. The highest BCUT2D eigenvalue weighted by molar-refractivity contribution is 5.93. The molecule has 1 aliphatic heterocycles. The zero-order valence-corrected chi connectivity index (χ0v) is 13.5. The molecule has 2 aromatic rings. The number of H-pyrrole nitrogens is 1. The molecule has 1 fully saturated rings. The fourth-order valence-corrected chi connectivity index (χ4v) is 2.85. The lowest BCUT2D eigenvalue weighted by molar-refractivity contribution is 0.0786. The molecule has 0 saturated carbocycles. The van der Waals surface area contributed by atoms with Crippen LogP contribution >= 0.6 is 0 Å². The first-order valence-electron chi connectivity index (χ1n) is 8.05. The van der Waals surface area contributed by atoms with Crippen LogP contribution in [-0.4, -0.2) is 33.9 Å². The van der Waals surface area contributed by atoms with Crippen molar-refractivity contribution >= 4 is 5.91 Å². The highest BCUT2D eigenvalue weighted by Crippen LogP contribution is 2.21. The van der Waals surface area contributed by atoms with Crippen molar-refractivity contribution in [2.24, 2.45) is 0 Å². The molecule has 23 heavy (non-hydrogen) atoms. The molecule has 1 N–H and O–H groups in total. The van der Waals surface area contributed by atoms with E-state index in [1.54, 1.807) is 11.0 Å².